The maximum Gasteiger partial charge on any atom is 0.311 e. The zero-order valence-electron chi connectivity index (χ0n) is 21.9. The standard InChI is InChI=1S/C26H33N7O7/c1-14(23(29)34)30-26(37)22-16-5-4-6-17(13-16)40-21-9-8-15(12-20(21)33(38)39)11-18(28)24(35)31-19(25(36)32-22)7-2-3-10-27/h4-6,8-9,12-14,18-19,22H,2-3,7,10-11,27-28H2,1H3,(H2,29,34)(H,30,37)(H,31,35)(H,32,36)/t14-,18+,19-,22+/m0/s1. The summed E-state index contributed by atoms with van der Waals surface area (Å²) >= 11 is 0. The molecule has 0 aliphatic carbocycles. The van der Waals surface area contributed by atoms with Crippen LogP contribution in [-0.4, -0.2) is 53.2 Å². The van der Waals surface area contributed by atoms with Gasteiger partial charge in [-0.05, 0) is 68.5 Å². The number of carbonyl (C=O) groups excluding carboxylic acids is 4. The molecule has 4 atom stereocenters. The lowest BCUT2D eigenvalue weighted by atomic mass is 10.0. The Labute approximate surface area is 230 Å². The highest BCUT2D eigenvalue weighted by Crippen LogP contribution is 2.33. The van der Waals surface area contributed by atoms with Crippen LogP contribution >= 0.6 is 0 Å². The maximum absolute atomic E-state index is 13.4. The molecule has 4 amide bonds. The first-order valence-corrected chi connectivity index (χ1v) is 12.7. The van der Waals surface area contributed by atoms with Crippen molar-refractivity contribution >= 4 is 29.3 Å². The lowest BCUT2D eigenvalue weighted by Gasteiger charge is -2.25. The number of ether oxygens (including phenoxy) is 1. The molecule has 2 heterocycles. The number of nitrogens with zero attached hydrogens (tertiary/aromatic N) is 1. The van der Waals surface area contributed by atoms with E-state index in [2.05, 4.69) is 16.0 Å². The van der Waals surface area contributed by atoms with E-state index in [0.29, 0.717) is 24.9 Å². The van der Waals surface area contributed by atoms with Crippen LogP contribution in [-0.2, 0) is 25.6 Å². The fourth-order valence-electron chi connectivity index (χ4n) is 4.10. The van der Waals surface area contributed by atoms with Gasteiger partial charge in [-0.2, -0.15) is 0 Å². The van der Waals surface area contributed by atoms with Crippen molar-refractivity contribution < 1.29 is 28.8 Å². The number of nitro groups is 1. The molecule has 2 aromatic rings. The Morgan fingerprint density at radius 3 is 2.58 bits per heavy atom. The third-order valence-corrected chi connectivity index (χ3v) is 6.35. The highest BCUT2D eigenvalue weighted by molar-refractivity contribution is 5.95. The minimum absolute atomic E-state index is 0.0460. The van der Waals surface area contributed by atoms with Crippen LogP contribution in [0, 0.1) is 10.1 Å². The Bertz CT molecular complexity index is 1290. The summed E-state index contributed by atoms with van der Waals surface area (Å²) in [6, 6.07) is 5.65. The Balaban J connectivity index is 2.10. The number of nitrogens with one attached hydrogen (secondary N) is 3. The number of amides is 4. The maximum atomic E-state index is 13.4. The van der Waals surface area contributed by atoms with Crippen molar-refractivity contribution in [3.05, 3.63) is 63.7 Å². The molecule has 214 valence electrons. The van der Waals surface area contributed by atoms with Gasteiger partial charge in [-0.3, -0.25) is 29.3 Å². The molecule has 2 aliphatic rings. The van der Waals surface area contributed by atoms with E-state index in [9.17, 15) is 29.3 Å². The van der Waals surface area contributed by atoms with E-state index >= 15 is 0 Å². The molecule has 0 unspecified atom stereocenters. The van der Waals surface area contributed by atoms with Gasteiger partial charge in [-0.1, -0.05) is 18.2 Å². The van der Waals surface area contributed by atoms with Gasteiger partial charge in [0.05, 0.1) is 11.0 Å². The van der Waals surface area contributed by atoms with Crippen LogP contribution in [0.25, 0.3) is 0 Å². The van der Waals surface area contributed by atoms with Crippen molar-refractivity contribution in [3.8, 4) is 11.5 Å². The fourth-order valence-corrected chi connectivity index (χ4v) is 4.10. The van der Waals surface area contributed by atoms with E-state index in [1.165, 1.54) is 43.3 Å². The van der Waals surface area contributed by atoms with Crippen LogP contribution in [0.4, 0.5) is 5.69 Å². The summed E-state index contributed by atoms with van der Waals surface area (Å²) in [5, 5.41) is 19.5. The van der Waals surface area contributed by atoms with Crippen molar-refractivity contribution in [2.45, 2.75) is 56.8 Å². The molecule has 14 heteroatoms. The molecule has 4 bridgehead atoms. The van der Waals surface area contributed by atoms with Crippen molar-refractivity contribution in [2.24, 2.45) is 17.2 Å². The van der Waals surface area contributed by atoms with Crippen LogP contribution in [0.1, 0.15) is 43.4 Å². The number of nitro benzene ring substituents is 1. The first kappa shape index (κ1) is 30.0. The van der Waals surface area contributed by atoms with Crippen molar-refractivity contribution in [1.29, 1.82) is 0 Å². The predicted molar refractivity (Wildman–Crippen MR) is 144 cm³/mol. The Hall–Kier alpha value is -4.56. The van der Waals surface area contributed by atoms with Crippen LogP contribution < -0.4 is 37.9 Å². The molecule has 2 aromatic carbocycles. The van der Waals surface area contributed by atoms with E-state index in [1.54, 1.807) is 6.07 Å². The zero-order chi connectivity index (χ0) is 29.4. The molecule has 4 rings (SSSR count). The minimum atomic E-state index is -1.34. The van der Waals surface area contributed by atoms with Gasteiger partial charge in [0.2, 0.25) is 29.4 Å². The average Bonchev–Trinajstić information content (AvgIpc) is 2.91. The second-order valence-electron chi connectivity index (χ2n) is 9.46. The van der Waals surface area contributed by atoms with Crippen LogP contribution in [0.2, 0.25) is 0 Å². The number of carbonyl (C=O) groups is 4. The second-order valence-corrected chi connectivity index (χ2v) is 9.46. The molecular formula is C26H33N7O7. The molecule has 0 spiro atoms. The van der Waals surface area contributed by atoms with Gasteiger partial charge >= 0.3 is 5.69 Å². The van der Waals surface area contributed by atoms with Crippen molar-refractivity contribution in [2.75, 3.05) is 6.54 Å². The summed E-state index contributed by atoms with van der Waals surface area (Å²) in [6.07, 6.45) is 1.24. The van der Waals surface area contributed by atoms with Gasteiger partial charge in [0.1, 0.15) is 23.9 Å². The van der Waals surface area contributed by atoms with Gasteiger partial charge in [0.15, 0.2) is 0 Å². The Morgan fingerprint density at radius 2 is 1.90 bits per heavy atom. The lowest BCUT2D eigenvalue weighted by molar-refractivity contribution is -0.385. The number of benzene rings is 2. The monoisotopic (exact) mass is 555 g/mol. The minimum Gasteiger partial charge on any atom is -0.450 e. The quantitative estimate of drug-likeness (QED) is 0.146. The predicted octanol–water partition coefficient (Wildman–Crippen LogP) is 0.0316. The van der Waals surface area contributed by atoms with Crippen LogP contribution in [0.3, 0.4) is 0 Å². The number of nitrogens with two attached hydrogens (primary N) is 3. The number of hydrogen-bond donors (Lipinski definition) is 6. The van der Waals surface area contributed by atoms with Crippen LogP contribution in [0.15, 0.2) is 42.5 Å². The van der Waals surface area contributed by atoms with Gasteiger partial charge in [0, 0.05) is 6.07 Å². The summed E-state index contributed by atoms with van der Waals surface area (Å²) in [5.41, 5.74) is 17.3. The Morgan fingerprint density at radius 1 is 1.15 bits per heavy atom. The number of primary amides is 1. The lowest BCUT2D eigenvalue weighted by Crippen LogP contribution is -2.54. The summed E-state index contributed by atoms with van der Waals surface area (Å²) < 4.78 is 5.79. The average molecular weight is 556 g/mol. The molecule has 40 heavy (non-hydrogen) atoms. The van der Waals surface area contributed by atoms with Crippen LogP contribution in [0.5, 0.6) is 11.5 Å². The van der Waals surface area contributed by atoms with Crippen molar-refractivity contribution in [3.63, 3.8) is 0 Å². The molecule has 0 saturated heterocycles. The summed E-state index contributed by atoms with van der Waals surface area (Å²) in [6.45, 7) is 1.76. The van der Waals surface area contributed by atoms with Gasteiger partial charge in [-0.15, -0.1) is 0 Å². The summed E-state index contributed by atoms with van der Waals surface area (Å²) in [7, 11) is 0. The highest BCUT2D eigenvalue weighted by atomic mass is 16.6. The highest BCUT2D eigenvalue weighted by Gasteiger charge is 2.31. The SMILES string of the molecule is C[C@H](NC(=O)[C@@H]1NC(=O)[C@H](CCCCN)NC(=O)[C@H](N)Cc2ccc(c([N+](=O)[O-])c2)Oc2cccc1c2)C(N)=O. The first-order chi connectivity index (χ1) is 19.0. The molecule has 0 saturated carbocycles. The normalized spacial score (nSPS) is 20.0. The van der Waals surface area contributed by atoms with Gasteiger partial charge in [0.25, 0.3) is 0 Å². The molecule has 9 N–H and O–H groups in total. The molecule has 0 radical (unpaired) electrons. The number of rotatable bonds is 8. The van der Waals surface area contributed by atoms with Gasteiger partial charge < -0.3 is 37.9 Å². The third-order valence-electron chi connectivity index (χ3n) is 6.35. The topological polar surface area (TPSA) is 235 Å². The fraction of sp³-hybridized carbons (Fsp3) is 0.385. The smallest absolute Gasteiger partial charge is 0.311 e. The molecule has 0 aromatic heterocycles. The van der Waals surface area contributed by atoms with E-state index < -0.39 is 52.7 Å². The molecule has 0 fully saturated rings. The largest absolute Gasteiger partial charge is 0.450 e. The molecule has 14 nitrogen and oxygen atoms in total. The Kier molecular flexibility index (Phi) is 10.1. The number of unbranched alkanes of at least 4 members (excludes halogenated alkanes) is 1. The number of fused-ring (bicyclic) bond motifs is 9. The van der Waals surface area contributed by atoms with E-state index in [0.717, 1.165) is 0 Å². The molecular weight excluding hydrogens is 522 g/mol. The third kappa shape index (κ3) is 7.74. The van der Waals surface area contributed by atoms with E-state index in [4.69, 9.17) is 21.9 Å². The first-order valence-electron chi connectivity index (χ1n) is 12.7. The summed E-state index contributed by atoms with van der Waals surface area (Å²) in [4.78, 5) is 62.4. The zero-order valence-corrected chi connectivity index (χ0v) is 21.9. The second kappa shape index (κ2) is 13.5. The molecule has 2 aliphatic heterocycles. The van der Waals surface area contributed by atoms with E-state index in [-0.39, 0.29) is 35.6 Å². The van der Waals surface area contributed by atoms with Crippen molar-refractivity contribution in [1.82, 2.24) is 16.0 Å². The summed E-state index contributed by atoms with van der Waals surface area (Å²) in [5.74, 6) is -2.79. The van der Waals surface area contributed by atoms with E-state index in [1.807, 2.05) is 0 Å². The number of hydrogen-bond acceptors (Lipinski definition) is 9. The van der Waals surface area contributed by atoms with Gasteiger partial charge in [-0.25, -0.2) is 0 Å².